The monoisotopic (exact) mass is 275 g/mol. The minimum Gasteiger partial charge on any atom is -0.350 e. The van der Waals surface area contributed by atoms with Gasteiger partial charge in [-0.05, 0) is 37.7 Å². The third kappa shape index (κ3) is 3.62. The molecule has 0 saturated heterocycles. The Morgan fingerprint density at radius 1 is 1.42 bits per heavy atom. The molecule has 0 aliphatic heterocycles. The summed E-state index contributed by atoms with van der Waals surface area (Å²) in [6.07, 6.45) is 3.23. The minimum atomic E-state index is -0.0866. The van der Waals surface area contributed by atoms with Crippen molar-refractivity contribution in [3.8, 4) is 0 Å². The molecule has 100 valence electrons. The van der Waals surface area contributed by atoms with Crippen molar-refractivity contribution in [2.75, 3.05) is 20.6 Å². The highest BCUT2D eigenvalue weighted by Gasteiger charge is 2.16. The molecule has 0 spiro atoms. The van der Waals surface area contributed by atoms with Gasteiger partial charge in [-0.3, -0.25) is 9.78 Å². The van der Waals surface area contributed by atoms with E-state index in [4.69, 9.17) is 0 Å². The van der Waals surface area contributed by atoms with Crippen molar-refractivity contribution < 1.29 is 4.79 Å². The van der Waals surface area contributed by atoms with E-state index >= 15 is 0 Å². The van der Waals surface area contributed by atoms with Crippen molar-refractivity contribution in [3.05, 3.63) is 52.5 Å². The number of nitrogens with zero attached hydrogens (tertiary/aromatic N) is 2. The van der Waals surface area contributed by atoms with Crippen molar-refractivity contribution in [1.82, 2.24) is 15.2 Å². The molecule has 0 radical (unpaired) electrons. The second-order valence-corrected chi connectivity index (χ2v) is 5.43. The molecule has 0 aromatic carbocycles. The molecule has 0 aliphatic carbocycles. The molecule has 2 rings (SSSR count). The van der Waals surface area contributed by atoms with Crippen molar-refractivity contribution >= 4 is 17.2 Å². The van der Waals surface area contributed by atoms with Crippen LogP contribution < -0.4 is 5.32 Å². The standard InChI is InChI=1S/C14H17N3OS/c1-17(2)12(13-6-4-8-19-13)10-16-14(18)11-5-3-7-15-9-11/h3-9,12H,10H2,1-2H3,(H,16,18). The minimum absolute atomic E-state index is 0.0866. The molecule has 0 aliphatic rings. The Hall–Kier alpha value is -1.72. The second kappa shape index (κ2) is 6.45. The lowest BCUT2D eigenvalue weighted by atomic mass is 10.2. The topological polar surface area (TPSA) is 45.2 Å². The summed E-state index contributed by atoms with van der Waals surface area (Å²) in [5.41, 5.74) is 0.589. The Morgan fingerprint density at radius 2 is 2.26 bits per heavy atom. The Balaban J connectivity index is 1.98. The van der Waals surface area contributed by atoms with Gasteiger partial charge in [0.25, 0.3) is 5.91 Å². The lowest BCUT2D eigenvalue weighted by molar-refractivity contribution is 0.0942. The number of carbonyl (C=O) groups excluding carboxylic acids is 1. The van der Waals surface area contributed by atoms with Crippen LogP contribution in [0.4, 0.5) is 0 Å². The Morgan fingerprint density at radius 3 is 2.84 bits per heavy atom. The van der Waals surface area contributed by atoms with Crippen LogP contribution in [0.5, 0.6) is 0 Å². The predicted octanol–water partition coefficient (Wildman–Crippen LogP) is 2.18. The molecule has 1 atom stereocenters. The number of aromatic nitrogens is 1. The maximum atomic E-state index is 12.0. The molecule has 1 unspecified atom stereocenters. The van der Waals surface area contributed by atoms with Crippen molar-refractivity contribution in [1.29, 1.82) is 0 Å². The van der Waals surface area contributed by atoms with Crippen LogP contribution in [0.3, 0.4) is 0 Å². The number of amides is 1. The van der Waals surface area contributed by atoms with E-state index in [1.807, 2.05) is 20.2 Å². The summed E-state index contributed by atoms with van der Waals surface area (Å²) in [4.78, 5) is 19.3. The highest BCUT2D eigenvalue weighted by atomic mass is 32.1. The zero-order valence-corrected chi connectivity index (χ0v) is 11.9. The SMILES string of the molecule is CN(C)C(CNC(=O)c1cccnc1)c1cccs1. The van der Waals surface area contributed by atoms with E-state index in [0.717, 1.165) is 0 Å². The third-order valence-electron chi connectivity index (χ3n) is 2.87. The Kier molecular flexibility index (Phi) is 4.65. The zero-order chi connectivity index (χ0) is 13.7. The molecule has 0 bridgehead atoms. The lowest BCUT2D eigenvalue weighted by Gasteiger charge is -2.23. The Bertz CT molecular complexity index is 511. The number of carbonyl (C=O) groups is 1. The van der Waals surface area contributed by atoms with Gasteiger partial charge in [0, 0.05) is 23.8 Å². The fourth-order valence-corrected chi connectivity index (χ4v) is 2.73. The number of hydrogen-bond acceptors (Lipinski definition) is 4. The average Bonchev–Trinajstić information content (AvgIpc) is 2.93. The van der Waals surface area contributed by atoms with E-state index in [2.05, 4.69) is 26.6 Å². The molecule has 2 aromatic heterocycles. The fraction of sp³-hybridized carbons (Fsp3) is 0.286. The van der Waals surface area contributed by atoms with Crippen LogP contribution in [0.1, 0.15) is 21.3 Å². The number of pyridine rings is 1. The van der Waals surface area contributed by atoms with Gasteiger partial charge in [-0.1, -0.05) is 6.07 Å². The molecule has 2 heterocycles. The average molecular weight is 275 g/mol. The Labute approximate surface area is 117 Å². The highest BCUT2D eigenvalue weighted by molar-refractivity contribution is 7.10. The lowest BCUT2D eigenvalue weighted by Crippen LogP contribution is -2.34. The predicted molar refractivity (Wildman–Crippen MR) is 77.3 cm³/mol. The second-order valence-electron chi connectivity index (χ2n) is 4.45. The van der Waals surface area contributed by atoms with Crippen LogP contribution in [0, 0.1) is 0 Å². The first-order valence-corrected chi connectivity index (χ1v) is 6.94. The summed E-state index contributed by atoms with van der Waals surface area (Å²) < 4.78 is 0. The quantitative estimate of drug-likeness (QED) is 0.909. The van der Waals surface area contributed by atoms with Gasteiger partial charge in [0.05, 0.1) is 11.6 Å². The van der Waals surface area contributed by atoms with E-state index in [1.54, 1.807) is 35.9 Å². The number of thiophene rings is 1. The molecule has 4 nitrogen and oxygen atoms in total. The normalized spacial score (nSPS) is 12.4. The summed E-state index contributed by atoms with van der Waals surface area (Å²) >= 11 is 1.70. The van der Waals surface area contributed by atoms with Gasteiger partial charge in [-0.15, -0.1) is 11.3 Å². The van der Waals surface area contributed by atoms with Crippen molar-refractivity contribution in [2.45, 2.75) is 6.04 Å². The van der Waals surface area contributed by atoms with Gasteiger partial charge in [0.15, 0.2) is 0 Å². The third-order valence-corrected chi connectivity index (χ3v) is 3.85. The first kappa shape index (κ1) is 13.7. The van der Waals surface area contributed by atoms with Gasteiger partial charge in [0.1, 0.15) is 0 Å². The summed E-state index contributed by atoms with van der Waals surface area (Å²) in [6.45, 7) is 0.585. The molecule has 1 amide bonds. The molecule has 0 saturated carbocycles. The summed E-state index contributed by atoms with van der Waals surface area (Å²) in [7, 11) is 4.03. The van der Waals surface area contributed by atoms with E-state index in [1.165, 1.54) is 4.88 Å². The van der Waals surface area contributed by atoms with Crippen molar-refractivity contribution in [3.63, 3.8) is 0 Å². The molecule has 2 aromatic rings. The molecular weight excluding hydrogens is 258 g/mol. The van der Waals surface area contributed by atoms with E-state index < -0.39 is 0 Å². The van der Waals surface area contributed by atoms with Gasteiger partial charge in [-0.25, -0.2) is 0 Å². The molecule has 5 heteroatoms. The smallest absolute Gasteiger partial charge is 0.252 e. The maximum Gasteiger partial charge on any atom is 0.252 e. The molecule has 19 heavy (non-hydrogen) atoms. The largest absolute Gasteiger partial charge is 0.350 e. The number of likely N-dealkylation sites (N-methyl/N-ethyl adjacent to an activating group) is 1. The van der Waals surface area contributed by atoms with Crippen LogP contribution in [0.2, 0.25) is 0 Å². The van der Waals surface area contributed by atoms with Crippen LogP contribution in [0.15, 0.2) is 42.0 Å². The van der Waals surface area contributed by atoms with E-state index in [-0.39, 0.29) is 11.9 Å². The van der Waals surface area contributed by atoms with Gasteiger partial charge in [-0.2, -0.15) is 0 Å². The van der Waals surface area contributed by atoms with E-state index in [0.29, 0.717) is 12.1 Å². The fourth-order valence-electron chi connectivity index (χ4n) is 1.81. The van der Waals surface area contributed by atoms with Crippen LogP contribution in [-0.4, -0.2) is 36.4 Å². The van der Waals surface area contributed by atoms with Gasteiger partial charge < -0.3 is 10.2 Å². The summed E-state index contributed by atoms with van der Waals surface area (Å²) in [6, 6.07) is 7.83. The molecule has 1 N–H and O–H groups in total. The van der Waals surface area contributed by atoms with Crippen LogP contribution >= 0.6 is 11.3 Å². The molecular formula is C14H17N3OS. The zero-order valence-electron chi connectivity index (χ0n) is 11.0. The number of rotatable bonds is 5. The van der Waals surface area contributed by atoms with Gasteiger partial charge in [0.2, 0.25) is 0 Å². The highest BCUT2D eigenvalue weighted by Crippen LogP contribution is 2.22. The summed E-state index contributed by atoms with van der Waals surface area (Å²) in [5.74, 6) is -0.0866. The van der Waals surface area contributed by atoms with E-state index in [9.17, 15) is 4.79 Å². The van der Waals surface area contributed by atoms with Crippen LogP contribution in [0.25, 0.3) is 0 Å². The van der Waals surface area contributed by atoms with Gasteiger partial charge >= 0.3 is 0 Å². The maximum absolute atomic E-state index is 12.0. The summed E-state index contributed by atoms with van der Waals surface area (Å²) in [5, 5.41) is 5.01. The number of hydrogen-bond donors (Lipinski definition) is 1. The molecule has 0 fully saturated rings. The number of nitrogens with one attached hydrogen (secondary N) is 1. The van der Waals surface area contributed by atoms with Crippen LogP contribution in [-0.2, 0) is 0 Å². The van der Waals surface area contributed by atoms with Crippen molar-refractivity contribution in [2.24, 2.45) is 0 Å². The first-order chi connectivity index (χ1) is 9.18. The first-order valence-electron chi connectivity index (χ1n) is 6.06.